The Hall–Kier alpha value is -2.81. The molecule has 0 aliphatic carbocycles. The lowest BCUT2D eigenvalue weighted by atomic mass is 10.0. The highest BCUT2D eigenvalue weighted by Gasteiger charge is 2.46. The normalized spacial score (nSPS) is 15.4. The molecule has 15 heteroatoms. The number of halogens is 3. The maximum atomic E-state index is 12.9. The number of anilines is 2. The lowest BCUT2D eigenvalue weighted by Gasteiger charge is -2.28. The molecule has 0 fully saturated rings. The van der Waals surface area contributed by atoms with Gasteiger partial charge in [-0.25, -0.2) is 4.79 Å². The van der Waals surface area contributed by atoms with Gasteiger partial charge in [0.25, 0.3) is 5.13 Å². The average Bonchev–Trinajstić information content (AvgIpc) is 3.21. The Bertz CT molecular complexity index is 1170. The van der Waals surface area contributed by atoms with E-state index in [1.807, 2.05) is 11.8 Å². The number of sulfonamides is 1. The van der Waals surface area contributed by atoms with Crippen molar-refractivity contribution in [1.29, 1.82) is 0 Å². The van der Waals surface area contributed by atoms with Crippen LogP contribution >= 0.6 is 11.3 Å². The number of esters is 1. The van der Waals surface area contributed by atoms with Crippen molar-refractivity contribution in [3.63, 3.8) is 0 Å². The summed E-state index contributed by atoms with van der Waals surface area (Å²) in [4.78, 5) is 13.8. The van der Waals surface area contributed by atoms with Gasteiger partial charge in [0.15, 0.2) is 0 Å². The van der Waals surface area contributed by atoms with Crippen molar-refractivity contribution in [2.75, 3.05) is 23.2 Å². The zero-order valence-corrected chi connectivity index (χ0v) is 19.5. The van der Waals surface area contributed by atoms with E-state index in [0.29, 0.717) is 25.1 Å². The first-order valence-electron chi connectivity index (χ1n) is 9.84. The van der Waals surface area contributed by atoms with Gasteiger partial charge in [-0.3, -0.25) is 4.72 Å². The summed E-state index contributed by atoms with van der Waals surface area (Å²) >= 11 is 0.781. The fraction of sp³-hybridized carbons (Fsp3) is 0.500. The van der Waals surface area contributed by atoms with Crippen LogP contribution in [0.25, 0.3) is 0 Å². The molecular weight excluding hydrogens is 485 g/mol. The van der Waals surface area contributed by atoms with E-state index >= 15 is 0 Å². The quantitative estimate of drug-likeness (QED) is 0.431. The monoisotopic (exact) mass is 506 g/mol. The number of alkyl halides is 3. The summed E-state index contributed by atoms with van der Waals surface area (Å²) < 4.78 is 68.9. The minimum absolute atomic E-state index is 0.0504. The molecule has 0 amide bonds. The van der Waals surface area contributed by atoms with Crippen LogP contribution in [0, 0.1) is 0 Å². The molecule has 1 atom stereocenters. The lowest BCUT2D eigenvalue weighted by Crippen LogP contribution is -2.30. The molecule has 10 nitrogen and oxygen atoms in total. The number of fused-ring (bicyclic) bond motifs is 1. The number of azo groups is 1. The van der Waals surface area contributed by atoms with Crippen molar-refractivity contribution in [3.05, 3.63) is 22.7 Å². The number of carbonyl (C=O) groups excluding carboxylic acids is 1. The van der Waals surface area contributed by atoms with E-state index in [0.717, 1.165) is 23.3 Å². The summed E-state index contributed by atoms with van der Waals surface area (Å²) in [7, 11) is -3.93. The Morgan fingerprint density at radius 1 is 1.33 bits per heavy atom. The first kappa shape index (κ1) is 24.8. The van der Waals surface area contributed by atoms with E-state index < -0.39 is 21.5 Å². The van der Waals surface area contributed by atoms with E-state index in [9.17, 15) is 26.4 Å². The van der Waals surface area contributed by atoms with E-state index in [1.165, 1.54) is 12.1 Å². The van der Waals surface area contributed by atoms with E-state index in [1.54, 1.807) is 18.7 Å². The number of carbonyl (C=O) groups is 1. The molecule has 2 aromatic rings. The van der Waals surface area contributed by atoms with Crippen LogP contribution in [0.15, 0.2) is 22.4 Å². The van der Waals surface area contributed by atoms with Crippen LogP contribution in [-0.4, -0.2) is 49.8 Å². The molecule has 0 saturated carbocycles. The maximum absolute atomic E-state index is 12.9. The fourth-order valence-corrected chi connectivity index (χ4v) is 4.04. The van der Waals surface area contributed by atoms with Gasteiger partial charge < -0.3 is 9.64 Å². The third-order valence-electron chi connectivity index (χ3n) is 4.81. The smallest absolute Gasteiger partial charge is 0.457 e. The van der Waals surface area contributed by atoms with Crippen molar-refractivity contribution >= 4 is 49.5 Å². The number of nitrogens with one attached hydrogen (secondary N) is 1. The molecule has 0 radical (unpaired) electrons. The summed E-state index contributed by atoms with van der Waals surface area (Å²) in [6.07, 6.45) is 1.75. The number of rotatable bonds is 7. The molecule has 0 bridgehead atoms. The molecule has 1 N–H and O–H groups in total. The van der Waals surface area contributed by atoms with E-state index in [-0.39, 0.29) is 27.6 Å². The standard InChI is InChI=1S/C18H21F3N6O4S2/c1-4-10(2)31-16(28)15-23-25-17(32-15)24-22-12-8-11-6-5-7-27(3)14(11)9-13(12)26-33(29,30)18(19,20)21/h8-10,26H,4-7H2,1-3H3. The first-order valence-corrected chi connectivity index (χ1v) is 12.1. The summed E-state index contributed by atoms with van der Waals surface area (Å²) in [5, 5.41) is 15.0. The SMILES string of the molecule is CCC(C)OC(=O)c1nnc(N=Nc2cc3c(cc2NS(=O)(=O)C(F)(F)F)N(C)CCC3)s1. The zero-order chi connectivity index (χ0) is 24.4. The first-order chi connectivity index (χ1) is 15.4. The van der Waals surface area contributed by atoms with Crippen LogP contribution in [0.5, 0.6) is 0 Å². The maximum Gasteiger partial charge on any atom is 0.516 e. The Kier molecular flexibility index (Phi) is 7.21. The molecule has 2 heterocycles. The van der Waals surface area contributed by atoms with Crippen molar-refractivity contribution in [2.24, 2.45) is 10.2 Å². The molecule has 1 unspecified atom stereocenters. The number of ether oxygens (including phenoxy) is 1. The highest BCUT2D eigenvalue weighted by atomic mass is 32.2. The Balaban J connectivity index is 1.93. The minimum atomic E-state index is -5.68. The minimum Gasteiger partial charge on any atom is -0.457 e. The highest BCUT2D eigenvalue weighted by molar-refractivity contribution is 7.93. The molecule has 1 aromatic heterocycles. The van der Waals surface area contributed by atoms with Crippen LogP contribution < -0.4 is 9.62 Å². The molecule has 0 spiro atoms. The second kappa shape index (κ2) is 9.59. The van der Waals surface area contributed by atoms with Gasteiger partial charge in [-0.05, 0) is 43.9 Å². The van der Waals surface area contributed by atoms with Crippen molar-refractivity contribution in [1.82, 2.24) is 10.2 Å². The molecule has 1 aliphatic heterocycles. The van der Waals surface area contributed by atoms with Crippen LogP contribution in [-0.2, 0) is 21.2 Å². The zero-order valence-electron chi connectivity index (χ0n) is 17.9. The molecule has 33 heavy (non-hydrogen) atoms. The highest BCUT2D eigenvalue weighted by Crippen LogP contribution is 2.39. The predicted molar refractivity (Wildman–Crippen MR) is 116 cm³/mol. The summed E-state index contributed by atoms with van der Waals surface area (Å²) in [6.45, 7) is 4.23. The van der Waals surface area contributed by atoms with E-state index in [2.05, 4.69) is 20.4 Å². The van der Waals surface area contributed by atoms with Gasteiger partial charge in [-0.1, -0.05) is 18.3 Å². The van der Waals surface area contributed by atoms with Gasteiger partial charge in [0.2, 0.25) is 5.01 Å². The molecule has 3 rings (SSSR count). The Labute approximate surface area is 191 Å². The third-order valence-corrected chi connectivity index (χ3v) is 6.70. The molecule has 1 aliphatic rings. The largest absolute Gasteiger partial charge is 0.516 e. The molecule has 0 saturated heterocycles. The van der Waals surface area contributed by atoms with Gasteiger partial charge >= 0.3 is 21.5 Å². The Morgan fingerprint density at radius 2 is 2.06 bits per heavy atom. The van der Waals surface area contributed by atoms with Gasteiger partial charge in [-0.15, -0.1) is 20.4 Å². The van der Waals surface area contributed by atoms with Gasteiger partial charge in [0.05, 0.1) is 11.8 Å². The van der Waals surface area contributed by atoms with Gasteiger partial charge in [0.1, 0.15) is 5.69 Å². The van der Waals surface area contributed by atoms with Crippen LogP contribution in [0.1, 0.15) is 42.1 Å². The van der Waals surface area contributed by atoms with Crippen LogP contribution in [0.4, 0.5) is 35.4 Å². The number of nitrogens with zero attached hydrogens (tertiary/aromatic N) is 5. The molecular formula is C18H21F3N6O4S2. The number of benzene rings is 1. The van der Waals surface area contributed by atoms with Gasteiger partial charge in [0, 0.05) is 19.3 Å². The summed E-state index contributed by atoms with van der Waals surface area (Å²) in [5.41, 5.74) is -4.65. The number of hydrogen-bond acceptors (Lipinski definition) is 10. The van der Waals surface area contributed by atoms with Crippen molar-refractivity contribution in [2.45, 2.75) is 44.7 Å². The second-order valence-electron chi connectivity index (χ2n) is 7.29. The number of hydrogen-bond donors (Lipinski definition) is 1. The van der Waals surface area contributed by atoms with Crippen LogP contribution in [0.3, 0.4) is 0 Å². The van der Waals surface area contributed by atoms with Crippen molar-refractivity contribution < 1.29 is 31.1 Å². The fourth-order valence-electron chi connectivity index (χ4n) is 2.92. The molecule has 1 aromatic carbocycles. The third kappa shape index (κ3) is 5.76. The summed E-state index contributed by atoms with van der Waals surface area (Å²) in [6, 6.07) is 2.77. The lowest BCUT2D eigenvalue weighted by molar-refractivity contribution is -0.0429. The predicted octanol–water partition coefficient (Wildman–Crippen LogP) is 4.55. The summed E-state index contributed by atoms with van der Waals surface area (Å²) in [5.74, 6) is -0.682. The van der Waals surface area contributed by atoms with Crippen LogP contribution in [0.2, 0.25) is 0 Å². The van der Waals surface area contributed by atoms with E-state index in [4.69, 9.17) is 4.74 Å². The number of aromatic nitrogens is 2. The number of aryl methyl sites for hydroxylation is 1. The average molecular weight is 507 g/mol. The second-order valence-corrected chi connectivity index (χ2v) is 9.92. The Morgan fingerprint density at radius 3 is 2.73 bits per heavy atom. The van der Waals surface area contributed by atoms with Crippen molar-refractivity contribution in [3.8, 4) is 0 Å². The molecule has 180 valence electrons. The van der Waals surface area contributed by atoms with Gasteiger partial charge in [-0.2, -0.15) is 21.6 Å². The topological polar surface area (TPSA) is 126 Å².